The average molecular weight is 224 g/mol. The minimum atomic E-state index is 0.516. The molecule has 1 aliphatic heterocycles. The van der Waals surface area contributed by atoms with E-state index in [0.717, 1.165) is 25.6 Å². The quantitative estimate of drug-likeness (QED) is 0.782. The van der Waals surface area contributed by atoms with Crippen LogP contribution in [0.25, 0.3) is 0 Å². The fraction of sp³-hybridized carbons (Fsp3) is 0.500. The van der Waals surface area contributed by atoms with Crippen molar-refractivity contribution in [2.75, 3.05) is 25.6 Å². The van der Waals surface area contributed by atoms with Crippen LogP contribution in [-0.4, -0.2) is 30.8 Å². The number of rotatable bonds is 4. The number of ether oxygens (including phenoxy) is 2. The molecule has 0 saturated carbocycles. The molecule has 0 bridgehead atoms. The molecule has 1 unspecified atom stereocenters. The summed E-state index contributed by atoms with van der Waals surface area (Å²) >= 11 is 1.95. The Morgan fingerprint density at radius 1 is 1.33 bits per heavy atom. The number of benzene rings is 1. The molecule has 1 aliphatic rings. The molecular weight excluding hydrogens is 208 g/mol. The van der Waals surface area contributed by atoms with Crippen LogP contribution in [0, 0.1) is 0 Å². The van der Waals surface area contributed by atoms with E-state index in [1.165, 1.54) is 5.56 Å². The monoisotopic (exact) mass is 224 g/mol. The van der Waals surface area contributed by atoms with Crippen molar-refractivity contribution in [2.45, 2.75) is 11.9 Å². The van der Waals surface area contributed by atoms with Crippen LogP contribution >= 0.6 is 11.8 Å². The van der Waals surface area contributed by atoms with Crippen molar-refractivity contribution in [3.05, 3.63) is 35.9 Å². The molecule has 1 atom stereocenters. The molecule has 2 rings (SSSR count). The molecule has 0 aliphatic carbocycles. The van der Waals surface area contributed by atoms with Gasteiger partial charge in [-0.15, -0.1) is 0 Å². The van der Waals surface area contributed by atoms with Gasteiger partial charge in [-0.2, -0.15) is 11.8 Å². The largest absolute Gasteiger partial charge is 0.379 e. The van der Waals surface area contributed by atoms with E-state index in [0.29, 0.717) is 11.9 Å². The first-order valence-electron chi connectivity index (χ1n) is 5.26. The van der Waals surface area contributed by atoms with Gasteiger partial charge >= 0.3 is 0 Å². The van der Waals surface area contributed by atoms with Crippen molar-refractivity contribution < 1.29 is 9.47 Å². The standard InChI is InChI=1S/C12H16O2S/c1-2-4-11(5-3-1)8-14-10-12-9-13-6-7-15-12/h1-5,12H,6-10H2. The van der Waals surface area contributed by atoms with Crippen molar-refractivity contribution in [2.24, 2.45) is 0 Å². The van der Waals surface area contributed by atoms with Crippen LogP contribution in [0.15, 0.2) is 30.3 Å². The summed E-state index contributed by atoms with van der Waals surface area (Å²) in [5, 5.41) is 0.516. The fourth-order valence-electron chi connectivity index (χ4n) is 1.52. The van der Waals surface area contributed by atoms with Gasteiger partial charge in [-0.25, -0.2) is 0 Å². The number of thioether (sulfide) groups is 1. The maximum atomic E-state index is 5.66. The molecular formula is C12H16O2S. The third-order valence-electron chi connectivity index (χ3n) is 2.30. The lowest BCUT2D eigenvalue weighted by atomic mass is 10.2. The summed E-state index contributed by atoms with van der Waals surface area (Å²) in [7, 11) is 0. The molecule has 0 N–H and O–H groups in total. The van der Waals surface area contributed by atoms with Crippen LogP contribution in [0.1, 0.15) is 5.56 Å². The molecule has 2 nitrogen and oxygen atoms in total. The maximum Gasteiger partial charge on any atom is 0.0717 e. The molecule has 0 aromatic heterocycles. The summed E-state index contributed by atoms with van der Waals surface area (Å²) in [5.74, 6) is 1.10. The zero-order chi connectivity index (χ0) is 10.3. The summed E-state index contributed by atoms with van der Waals surface area (Å²) < 4.78 is 11.0. The van der Waals surface area contributed by atoms with E-state index >= 15 is 0 Å². The van der Waals surface area contributed by atoms with Crippen molar-refractivity contribution in [3.8, 4) is 0 Å². The van der Waals surface area contributed by atoms with Crippen molar-refractivity contribution in [1.82, 2.24) is 0 Å². The molecule has 1 aromatic carbocycles. The predicted octanol–water partition coefficient (Wildman–Crippen LogP) is 2.34. The van der Waals surface area contributed by atoms with Crippen LogP contribution in [0.4, 0.5) is 0 Å². The van der Waals surface area contributed by atoms with Gasteiger partial charge in [-0.1, -0.05) is 30.3 Å². The number of hydrogen-bond donors (Lipinski definition) is 0. The smallest absolute Gasteiger partial charge is 0.0717 e. The van der Waals surface area contributed by atoms with E-state index in [-0.39, 0.29) is 0 Å². The maximum absolute atomic E-state index is 5.66. The first-order valence-corrected chi connectivity index (χ1v) is 6.31. The molecule has 1 saturated heterocycles. The highest BCUT2D eigenvalue weighted by Crippen LogP contribution is 2.16. The topological polar surface area (TPSA) is 18.5 Å². The average Bonchev–Trinajstić information content (AvgIpc) is 2.32. The lowest BCUT2D eigenvalue weighted by molar-refractivity contribution is 0.0807. The third kappa shape index (κ3) is 3.86. The molecule has 0 amide bonds. The second kappa shape index (κ2) is 6.16. The summed E-state index contributed by atoms with van der Waals surface area (Å²) in [6.07, 6.45) is 0. The Kier molecular flexibility index (Phi) is 4.51. The molecule has 1 fully saturated rings. The van der Waals surface area contributed by atoms with Crippen molar-refractivity contribution >= 4 is 11.8 Å². The third-order valence-corrected chi connectivity index (χ3v) is 3.45. The second-order valence-corrected chi connectivity index (χ2v) is 4.98. The minimum Gasteiger partial charge on any atom is -0.379 e. The van der Waals surface area contributed by atoms with Gasteiger partial charge in [-0.3, -0.25) is 0 Å². The zero-order valence-electron chi connectivity index (χ0n) is 8.72. The summed E-state index contributed by atoms with van der Waals surface area (Å²) in [6.45, 7) is 3.22. The Morgan fingerprint density at radius 3 is 2.93 bits per heavy atom. The molecule has 3 heteroatoms. The Morgan fingerprint density at radius 2 is 2.20 bits per heavy atom. The van der Waals surface area contributed by atoms with Gasteiger partial charge in [0, 0.05) is 5.75 Å². The Labute approximate surface area is 95.0 Å². The highest BCUT2D eigenvalue weighted by molar-refractivity contribution is 8.00. The summed E-state index contributed by atoms with van der Waals surface area (Å²) in [5.41, 5.74) is 1.24. The van der Waals surface area contributed by atoms with Crippen LogP contribution in [0.3, 0.4) is 0 Å². The summed E-state index contributed by atoms with van der Waals surface area (Å²) in [4.78, 5) is 0. The highest BCUT2D eigenvalue weighted by Gasteiger charge is 2.13. The van der Waals surface area contributed by atoms with Gasteiger partial charge in [0.25, 0.3) is 0 Å². The van der Waals surface area contributed by atoms with Crippen LogP contribution in [-0.2, 0) is 16.1 Å². The predicted molar refractivity (Wildman–Crippen MR) is 63.2 cm³/mol. The van der Waals surface area contributed by atoms with Crippen molar-refractivity contribution in [3.63, 3.8) is 0 Å². The van der Waals surface area contributed by atoms with Gasteiger partial charge in [0.05, 0.1) is 31.7 Å². The molecule has 15 heavy (non-hydrogen) atoms. The van der Waals surface area contributed by atoms with Gasteiger partial charge in [-0.05, 0) is 5.56 Å². The highest BCUT2D eigenvalue weighted by atomic mass is 32.2. The minimum absolute atomic E-state index is 0.516. The SMILES string of the molecule is c1ccc(COCC2COCCS2)cc1. The van der Waals surface area contributed by atoms with Crippen LogP contribution in [0.2, 0.25) is 0 Å². The first kappa shape index (κ1) is 11.0. The van der Waals surface area contributed by atoms with Crippen LogP contribution in [0.5, 0.6) is 0 Å². The molecule has 1 heterocycles. The van der Waals surface area contributed by atoms with Gasteiger partial charge in [0.2, 0.25) is 0 Å². The lowest BCUT2D eigenvalue weighted by Crippen LogP contribution is -2.25. The second-order valence-electron chi connectivity index (χ2n) is 3.57. The van der Waals surface area contributed by atoms with Gasteiger partial charge in [0.1, 0.15) is 0 Å². The molecule has 1 aromatic rings. The van der Waals surface area contributed by atoms with Gasteiger partial charge in [0.15, 0.2) is 0 Å². The molecule has 0 radical (unpaired) electrons. The lowest BCUT2D eigenvalue weighted by Gasteiger charge is -2.21. The Hall–Kier alpha value is -0.510. The summed E-state index contributed by atoms with van der Waals surface area (Å²) in [6, 6.07) is 10.3. The molecule has 82 valence electrons. The zero-order valence-corrected chi connectivity index (χ0v) is 9.54. The van der Waals surface area contributed by atoms with E-state index < -0.39 is 0 Å². The van der Waals surface area contributed by atoms with E-state index in [1.807, 2.05) is 30.0 Å². The van der Waals surface area contributed by atoms with E-state index in [9.17, 15) is 0 Å². The Balaban J connectivity index is 1.66. The fourth-order valence-corrected chi connectivity index (χ4v) is 2.45. The van der Waals surface area contributed by atoms with Crippen LogP contribution < -0.4 is 0 Å². The normalized spacial score (nSPS) is 21.5. The Bertz CT molecular complexity index is 270. The first-order chi connectivity index (χ1) is 7.45. The van der Waals surface area contributed by atoms with Crippen molar-refractivity contribution in [1.29, 1.82) is 0 Å². The van der Waals surface area contributed by atoms with E-state index in [4.69, 9.17) is 9.47 Å². The van der Waals surface area contributed by atoms with E-state index in [2.05, 4.69) is 12.1 Å². The van der Waals surface area contributed by atoms with Gasteiger partial charge < -0.3 is 9.47 Å². The number of hydrogen-bond acceptors (Lipinski definition) is 3. The van der Waals surface area contributed by atoms with E-state index in [1.54, 1.807) is 0 Å². The molecule has 0 spiro atoms.